The van der Waals surface area contributed by atoms with Crippen LogP contribution < -0.4 is 5.56 Å². The normalized spacial score (nSPS) is 11.9. The number of halogens is 2. The maximum Gasteiger partial charge on any atom is 0.279 e. The summed E-state index contributed by atoms with van der Waals surface area (Å²) in [5, 5.41) is 20.9. The van der Waals surface area contributed by atoms with Crippen molar-refractivity contribution in [3.05, 3.63) is 73.4 Å². The Morgan fingerprint density at radius 3 is 2.46 bits per heavy atom. The number of nitriles is 1. The number of aromatic nitrogens is 1. The summed E-state index contributed by atoms with van der Waals surface area (Å²) < 4.78 is 0.665. The highest BCUT2D eigenvalue weighted by atomic mass is 35.5. The Balaban J connectivity index is 2.30. The molecule has 1 N–H and O–H groups in total. The van der Waals surface area contributed by atoms with Gasteiger partial charge in [-0.2, -0.15) is 10.2 Å². The van der Waals surface area contributed by atoms with Crippen molar-refractivity contribution in [3.8, 4) is 6.07 Å². The molecule has 0 bridgehead atoms. The predicted molar refractivity (Wildman–Crippen MR) is 97.4 cm³/mol. The second-order valence-electron chi connectivity index (χ2n) is 4.75. The van der Waals surface area contributed by atoms with E-state index in [4.69, 9.17) is 23.2 Å². The molecule has 0 fully saturated rings. The third kappa shape index (κ3) is 2.87. The number of rotatable bonds is 2. The summed E-state index contributed by atoms with van der Waals surface area (Å²) in [6, 6.07) is 13.5. The van der Waals surface area contributed by atoms with Crippen LogP contribution in [0.15, 0.2) is 47.3 Å². The van der Waals surface area contributed by atoms with E-state index in [1.165, 1.54) is 0 Å². The molecule has 0 aliphatic rings. The average Bonchev–Trinajstić information content (AvgIpc) is 2.55. The number of aliphatic hydroxyl groups excluding tert-OH is 1. The lowest BCUT2D eigenvalue weighted by Gasteiger charge is -2.08. The Labute approximate surface area is 150 Å². The van der Waals surface area contributed by atoms with E-state index in [9.17, 15) is 15.2 Å². The fourth-order valence-electron chi connectivity index (χ4n) is 2.17. The summed E-state index contributed by atoms with van der Waals surface area (Å²) in [6.07, 6.45) is 0. The standard InChI is InChI=1S/C17H8Cl2N2O2S/c18-11-5-3-6-12(19)14(11)15(22)10(8-20)17-21-16(23)9-4-1-2-7-13(9)24-17/h1-7,22H/b15-10-. The molecule has 0 saturated carbocycles. The molecule has 3 rings (SSSR count). The van der Waals surface area contributed by atoms with Gasteiger partial charge in [0.2, 0.25) is 0 Å². The molecule has 7 heteroatoms. The van der Waals surface area contributed by atoms with E-state index in [-0.39, 0.29) is 26.2 Å². The van der Waals surface area contributed by atoms with Gasteiger partial charge in [0.1, 0.15) is 22.4 Å². The highest BCUT2D eigenvalue weighted by Gasteiger charge is 2.19. The van der Waals surface area contributed by atoms with Gasteiger partial charge >= 0.3 is 0 Å². The van der Waals surface area contributed by atoms with Gasteiger partial charge in [0.05, 0.1) is 21.0 Å². The molecule has 0 radical (unpaired) electrons. The Bertz CT molecular complexity index is 1060. The second kappa shape index (κ2) is 6.62. The van der Waals surface area contributed by atoms with Crippen molar-refractivity contribution in [2.24, 2.45) is 0 Å². The highest BCUT2D eigenvalue weighted by molar-refractivity contribution is 7.19. The molecule has 4 nitrogen and oxygen atoms in total. The van der Waals surface area contributed by atoms with Crippen molar-refractivity contribution >= 4 is 56.0 Å². The first-order chi connectivity index (χ1) is 11.5. The van der Waals surface area contributed by atoms with E-state index < -0.39 is 11.3 Å². The van der Waals surface area contributed by atoms with E-state index in [0.717, 1.165) is 11.3 Å². The molecule has 0 amide bonds. The van der Waals surface area contributed by atoms with Gasteiger partial charge in [0.15, 0.2) is 0 Å². The molecule has 118 valence electrons. The molecule has 3 aromatic rings. The van der Waals surface area contributed by atoms with E-state index >= 15 is 0 Å². The summed E-state index contributed by atoms with van der Waals surface area (Å²) in [7, 11) is 0. The zero-order valence-electron chi connectivity index (χ0n) is 12.0. The summed E-state index contributed by atoms with van der Waals surface area (Å²) in [5.41, 5.74) is -0.491. The Kier molecular flexibility index (Phi) is 4.54. The summed E-state index contributed by atoms with van der Waals surface area (Å²) in [4.78, 5) is 16.1. The highest BCUT2D eigenvalue weighted by Crippen LogP contribution is 2.34. The van der Waals surface area contributed by atoms with Crippen molar-refractivity contribution in [2.45, 2.75) is 0 Å². The van der Waals surface area contributed by atoms with Crippen LogP contribution >= 0.6 is 34.5 Å². The van der Waals surface area contributed by atoms with Gasteiger partial charge in [-0.3, -0.25) is 4.79 Å². The Morgan fingerprint density at radius 2 is 1.79 bits per heavy atom. The average molecular weight is 375 g/mol. The fourth-order valence-corrected chi connectivity index (χ4v) is 3.74. The minimum atomic E-state index is -0.467. The lowest BCUT2D eigenvalue weighted by Crippen LogP contribution is -2.07. The monoisotopic (exact) mass is 374 g/mol. The van der Waals surface area contributed by atoms with Crippen molar-refractivity contribution in [2.75, 3.05) is 0 Å². The molecule has 1 heterocycles. The first-order valence-electron chi connectivity index (χ1n) is 6.71. The van der Waals surface area contributed by atoms with Gasteiger partial charge in [-0.05, 0) is 24.3 Å². The van der Waals surface area contributed by atoms with Gasteiger partial charge in [-0.25, -0.2) is 0 Å². The minimum Gasteiger partial charge on any atom is -0.506 e. The lowest BCUT2D eigenvalue weighted by atomic mass is 10.1. The molecule has 0 unspecified atom stereocenters. The van der Waals surface area contributed by atoms with Crippen molar-refractivity contribution in [1.29, 1.82) is 5.26 Å². The van der Waals surface area contributed by atoms with Crippen molar-refractivity contribution in [3.63, 3.8) is 0 Å². The first-order valence-corrected chi connectivity index (χ1v) is 8.28. The van der Waals surface area contributed by atoms with Crippen LogP contribution in [0.5, 0.6) is 0 Å². The van der Waals surface area contributed by atoms with Crippen LogP contribution in [0.2, 0.25) is 10.0 Å². The van der Waals surface area contributed by atoms with E-state index in [2.05, 4.69) is 4.98 Å². The number of fused-ring (bicyclic) bond motifs is 1. The molecule has 0 spiro atoms. The van der Waals surface area contributed by atoms with Gasteiger partial charge < -0.3 is 5.11 Å². The van der Waals surface area contributed by atoms with Crippen LogP contribution in [0.1, 0.15) is 10.6 Å². The van der Waals surface area contributed by atoms with E-state index in [0.29, 0.717) is 10.1 Å². The van der Waals surface area contributed by atoms with Crippen LogP contribution in [0.25, 0.3) is 21.4 Å². The van der Waals surface area contributed by atoms with Crippen molar-refractivity contribution in [1.82, 2.24) is 4.98 Å². The van der Waals surface area contributed by atoms with Crippen LogP contribution in [-0.2, 0) is 0 Å². The third-order valence-corrected chi connectivity index (χ3v) is 4.98. The molecule has 2 aromatic carbocycles. The number of aliphatic hydroxyl groups is 1. The number of hydrogen-bond donors (Lipinski definition) is 1. The van der Waals surface area contributed by atoms with Crippen LogP contribution in [0.3, 0.4) is 0 Å². The zero-order chi connectivity index (χ0) is 17.3. The molecule has 1 aromatic heterocycles. The number of hydrogen-bond acceptors (Lipinski definition) is 5. The SMILES string of the molecule is N#C/C(=C(/O)c1c(Cl)cccc1Cl)c1nc(=O)c2ccccc2s1. The minimum absolute atomic E-state index is 0.106. The summed E-state index contributed by atoms with van der Waals surface area (Å²) >= 11 is 13.3. The van der Waals surface area contributed by atoms with E-state index in [1.807, 2.05) is 6.07 Å². The molecule has 0 aliphatic heterocycles. The quantitative estimate of drug-likeness (QED) is 0.510. The molecule has 0 atom stereocenters. The fraction of sp³-hybridized carbons (Fsp3) is 0. The maximum absolute atomic E-state index is 12.1. The smallest absolute Gasteiger partial charge is 0.279 e. The Hall–Kier alpha value is -2.39. The summed E-state index contributed by atoms with van der Waals surface area (Å²) in [6.45, 7) is 0. The topological polar surface area (TPSA) is 74.0 Å². The molecule has 0 aliphatic carbocycles. The van der Waals surface area contributed by atoms with Gasteiger partial charge in [0, 0.05) is 4.70 Å². The number of allylic oxidation sites excluding steroid dienone is 1. The predicted octanol–water partition coefficient (Wildman–Crippen LogP) is 4.91. The maximum atomic E-state index is 12.1. The first kappa shape index (κ1) is 16.5. The number of nitrogens with zero attached hydrogens (tertiary/aromatic N) is 2. The second-order valence-corrected chi connectivity index (χ2v) is 6.60. The molecular formula is C17H8Cl2N2O2S. The third-order valence-electron chi connectivity index (χ3n) is 3.29. The van der Waals surface area contributed by atoms with E-state index in [1.54, 1.807) is 42.5 Å². The zero-order valence-corrected chi connectivity index (χ0v) is 14.3. The van der Waals surface area contributed by atoms with Crippen LogP contribution in [-0.4, -0.2) is 10.1 Å². The van der Waals surface area contributed by atoms with Crippen molar-refractivity contribution < 1.29 is 5.11 Å². The molecule has 24 heavy (non-hydrogen) atoms. The van der Waals surface area contributed by atoms with Crippen LogP contribution in [0, 0.1) is 11.3 Å². The van der Waals surface area contributed by atoms with Gasteiger partial charge in [-0.15, -0.1) is 11.3 Å². The number of benzene rings is 2. The van der Waals surface area contributed by atoms with Gasteiger partial charge in [-0.1, -0.05) is 41.4 Å². The summed E-state index contributed by atoms with van der Waals surface area (Å²) in [5.74, 6) is -0.411. The molecule has 0 saturated heterocycles. The lowest BCUT2D eigenvalue weighted by molar-refractivity contribution is 0.514. The Morgan fingerprint density at radius 1 is 1.12 bits per heavy atom. The largest absolute Gasteiger partial charge is 0.506 e. The molecular weight excluding hydrogens is 367 g/mol. The van der Waals surface area contributed by atoms with Gasteiger partial charge in [0.25, 0.3) is 5.56 Å². The van der Waals surface area contributed by atoms with Crippen LogP contribution in [0.4, 0.5) is 0 Å².